The standard InChI is InChI=1S/C17H19N3O2/c1-10-3-2-4-11(7-10)15-9-18-17(22-15)16(21)20-14-8-12-5-6-13(14)19-12/h2-4,7,9,12-14,19H,5-6,8H2,1H3,(H,20,21)/t12-,13+,14-/m1/s1. The summed E-state index contributed by atoms with van der Waals surface area (Å²) in [5, 5.41) is 6.55. The van der Waals surface area contributed by atoms with E-state index in [0.29, 0.717) is 17.8 Å². The number of fused-ring (bicyclic) bond motifs is 2. The van der Waals surface area contributed by atoms with Crippen molar-refractivity contribution in [2.45, 2.75) is 44.3 Å². The van der Waals surface area contributed by atoms with Crippen LogP contribution in [0.1, 0.15) is 35.5 Å². The van der Waals surface area contributed by atoms with Gasteiger partial charge < -0.3 is 15.1 Å². The second-order valence-electron chi connectivity index (χ2n) is 6.26. The van der Waals surface area contributed by atoms with E-state index in [9.17, 15) is 4.79 Å². The van der Waals surface area contributed by atoms with Crippen molar-refractivity contribution in [1.82, 2.24) is 15.6 Å². The van der Waals surface area contributed by atoms with Gasteiger partial charge in [0.1, 0.15) is 0 Å². The molecule has 2 aliphatic rings. The summed E-state index contributed by atoms with van der Waals surface area (Å²) in [5.74, 6) is 0.539. The number of rotatable bonds is 3. The lowest BCUT2D eigenvalue weighted by Crippen LogP contribution is -2.43. The number of nitrogens with one attached hydrogen (secondary N) is 2. The van der Waals surface area contributed by atoms with Gasteiger partial charge in [-0.2, -0.15) is 0 Å². The summed E-state index contributed by atoms with van der Waals surface area (Å²) in [6.45, 7) is 2.02. The molecule has 22 heavy (non-hydrogen) atoms. The maximum atomic E-state index is 12.3. The van der Waals surface area contributed by atoms with Gasteiger partial charge in [0.2, 0.25) is 0 Å². The number of aromatic nitrogens is 1. The molecule has 2 N–H and O–H groups in total. The molecule has 0 spiro atoms. The Bertz CT molecular complexity index is 709. The van der Waals surface area contributed by atoms with E-state index >= 15 is 0 Å². The van der Waals surface area contributed by atoms with Gasteiger partial charge in [0, 0.05) is 23.7 Å². The van der Waals surface area contributed by atoms with Crippen molar-refractivity contribution >= 4 is 5.91 Å². The Balaban J connectivity index is 1.48. The van der Waals surface area contributed by atoms with Crippen molar-refractivity contribution in [3.05, 3.63) is 41.9 Å². The molecule has 114 valence electrons. The predicted octanol–water partition coefficient (Wildman–Crippen LogP) is 2.27. The molecule has 1 amide bonds. The first-order chi connectivity index (χ1) is 10.7. The molecule has 0 saturated carbocycles. The van der Waals surface area contributed by atoms with E-state index in [2.05, 4.69) is 15.6 Å². The first-order valence-corrected chi connectivity index (χ1v) is 7.79. The van der Waals surface area contributed by atoms with Gasteiger partial charge in [-0.05, 0) is 32.3 Å². The SMILES string of the molecule is Cc1cccc(-c2cnc(C(=O)N[C@@H]3C[C@H]4CC[C@@H]3N4)o2)c1. The molecule has 2 aliphatic heterocycles. The monoisotopic (exact) mass is 297 g/mol. The van der Waals surface area contributed by atoms with Crippen LogP contribution in [0, 0.1) is 6.92 Å². The van der Waals surface area contributed by atoms with Gasteiger partial charge in [0.15, 0.2) is 5.76 Å². The van der Waals surface area contributed by atoms with Crippen LogP contribution in [0.25, 0.3) is 11.3 Å². The van der Waals surface area contributed by atoms with Gasteiger partial charge in [-0.25, -0.2) is 4.98 Å². The van der Waals surface area contributed by atoms with Crippen molar-refractivity contribution in [3.8, 4) is 11.3 Å². The Labute approximate surface area is 129 Å². The van der Waals surface area contributed by atoms with E-state index in [-0.39, 0.29) is 17.8 Å². The summed E-state index contributed by atoms with van der Waals surface area (Å²) in [5.41, 5.74) is 2.08. The zero-order valence-corrected chi connectivity index (χ0v) is 12.5. The van der Waals surface area contributed by atoms with Crippen molar-refractivity contribution in [2.24, 2.45) is 0 Å². The predicted molar refractivity (Wildman–Crippen MR) is 82.5 cm³/mol. The third-order valence-electron chi connectivity index (χ3n) is 4.62. The molecule has 1 aromatic carbocycles. The highest BCUT2D eigenvalue weighted by Crippen LogP contribution is 2.28. The minimum atomic E-state index is -0.224. The molecule has 0 aliphatic carbocycles. The minimum absolute atomic E-state index is 0.138. The van der Waals surface area contributed by atoms with Crippen LogP contribution in [-0.4, -0.2) is 29.0 Å². The third kappa shape index (κ3) is 2.41. The van der Waals surface area contributed by atoms with Gasteiger partial charge in [0.05, 0.1) is 6.20 Å². The number of nitrogens with zero attached hydrogens (tertiary/aromatic N) is 1. The molecule has 4 rings (SSSR count). The summed E-state index contributed by atoms with van der Waals surface area (Å²) < 4.78 is 5.63. The van der Waals surface area contributed by atoms with E-state index < -0.39 is 0 Å². The molecule has 5 heteroatoms. The van der Waals surface area contributed by atoms with Crippen LogP contribution in [-0.2, 0) is 0 Å². The highest BCUT2D eigenvalue weighted by Gasteiger charge is 2.40. The van der Waals surface area contributed by atoms with Gasteiger partial charge in [-0.1, -0.05) is 23.8 Å². The molecule has 0 unspecified atom stereocenters. The van der Waals surface area contributed by atoms with Crippen LogP contribution in [0.5, 0.6) is 0 Å². The molecular formula is C17H19N3O2. The van der Waals surface area contributed by atoms with Crippen molar-refractivity contribution in [1.29, 1.82) is 0 Å². The fourth-order valence-electron chi connectivity index (χ4n) is 3.52. The van der Waals surface area contributed by atoms with E-state index in [1.165, 1.54) is 6.42 Å². The number of oxazole rings is 1. The lowest BCUT2D eigenvalue weighted by molar-refractivity contribution is 0.0896. The molecule has 2 fully saturated rings. The smallest absolute Gasteiger partial charge is 0.307 e. The molecule has 5 nitrogen and oxygen atoms in total. The average Bonchev–Trinajstić information content (AvgIpc) is 3.23. The summed E-state index contributed by atoms with van der Waals surface area (Å²) >= 11 is 0. The second kappa shape index (κ2) is 5.25. The zero-order valence-electron chi connectivity index (χ0n) is 12.5. The summed E-state index contributed by atoms with van der Waals surface area (Å²) in [6.07, 6.45) is 4.97. The van der Waals surface area contributed by atoms with E-state index in [4.69, 9.17) is 4.42 Å². The largest absolute Gasteiger partial charge is 0.432 e. The van der Waals surface area contributed by atoms with Crippen LogP contribution < -0.4 is 10.6 Å². The van der Waals surface area contributed by atoms with Crippen LogP contribution in [0.15, 0.2) is 34.9 Å². The van der Waals surface area contributed by atoms with Gasteiger partial charge >= 0.3 is 5.91 Å². The Kier molecular flexibility index (Phi) is 3.22. The highest BCUT2D eigenvalue weighted by atomic mass is 16.4. The lowest BCUT2D eigenvalue weighted by Gasteiger charge is -2.20. The van der Waals surface area contributed by atoms with Crippen molar-refractivity contribution < 1.29 is 9.21 Å². The number of hydrogen-bond acceptors (Lipinski definition) is 4. The lowest BCUT2D eigenvalue weighted by atomic mass is 9.95. The Hall–Kier alpha value is -2.14. The quantitative estimate of drug-likeness (QED) is 0.912. The van der Waals surface area contributed by atoms with Crippen molar-refractivity contribution in [2.75, 3.05) is 0 Å². The fourth-order valence-corrected chi connectivity index (χ4v) is 3.52. The normalized spacial score (nSPS) is 26.3. The number of carbonyl (C=O) groups is 1. The molecule has 1 aromatic heterocycles. The van der Waals surface area contributed by atoms with Crippen LogP contribution >= 0.6 is 0 Å². The number of hydrogen-bond donors (Lipinski definition) is 2. The fraction of sp³-hybridized carbons (Fsp3) is 0.412. The van der Waals surface area contributed by atoms with Crippen LogP contribution in [0.3, 0.4) is 0 Å². The Morgan fingerprint density at radius 2 is 2.32 bits per heavy atom. The zero-order chi connectivity index (χ0) is 15.1. The molecule has 3 atom stereocenters. The Morgan fingerprint density at radius 3 is 3.05 bits per heavy atom. The Morgan fingerprint density at radius 1 is 1.41 bits per heavy atom. The summed E-state index contributed by atoms with van der Waals surface area (Å²) in [6, 6.07) is 9.11. The van der Waals surface area contributed by atoms with Crippen LogP contribution in [0.2, 0.25) is 0 Å². The first kappa shape index (κ1) is 13.5. The van der Waals surface area contributed by atoms with E-state index in [1.807, 2.05) is 31.2 Å². The first-order valence-electron chi connectivity index (χ1n) is 7.79. The van der Waals surface area contributed by atoms with Gasteiger partial charge in [-0.15, -0.1) is 0 Å². The van der Waals surface area contributed by atoms with E-state index in [0.717, 1.165) is 24.0 Å². The number of carbonyl (C=O) groups excluding carboxylic acids is 1. The van der Waals surface area contributed by atoms with Gasteiger partial charge in [0.25, 0.3) is 5.89 Å². The molecule has 0 radical (unpaired) electrons. The van der Waals surface area contributed by atoms with E-state index in [1.54, 1.807) is 6.20 Å². The maximum Gasteiger partial charge on any atom is 0.307 e. The number of benzene rings is 1. The molecule has 3 heterocycles. The number of aryl methyl sites for hydroxylation is 1. The molecule has 2 saturated heterocycles. The molecular weight excluding hydrogens is 278 g/mol. The van der Waals surface area contributed by atoms with Gasteiger partial charge in [-0.3, -0.25) is 4.79 Å². The third-order valence-corrected chi connectivity index (χ3v) is 4.62. The van der Waals surface area contributed by atoms with Crippen LogP contribution in [0.4, 0.5) is 0 Å². The maximum absolute atomic E-state index is 12.3. The summed E-state index contributed by atoms with van der Waals surface area (Å²) in [7, 11) is 0. The topological polar surface area (TPSA) is 67.2 Å². The summed E-state index contributed by atoms with van der Waals surface area (Å²) in [4.78, 5) is 16.4. The van der Waals surface area contributed by atoms with Crippen molar-refractivity contribution in [3.63, 3.8) is 0 Å². The molecule has 2 bridgehead atoms. The molecule has 2 aromatic rings. The average molecular weight is 297 g/mol. The highest BCUT2D eigenvalue weighted by molar-refractivity contribution is 5.90. The number of amides is 1. The minimum Gasteiger partial charge on any atom is -0.432 e. The second-order valence-corrected chi connectivity index (χ2v) is 6.26.